The van der Waals surface area contributed by atoms with E-state index in [-0.39, 0.29) is 5.91 Å². The molecule has 2 N–H and O–H groups in total. The molecule has 144 valence electrons. The largest absolute Gasteiger partial charge is 0.480 e. The van der Waals surface area contributed by atoms with Crippen molar-refractivity contribution in [1.82, 2.24) is 5.32 Å². The molecule has 2 aromatic carbocycles. The van der Waals surface area contributed by atoms with Gasteiger partial charge in [0.1, 0.15) is 5.75 Å². The van der Waals surface area contributed by atoms with Gasteiger partial charge in [-0.3, -0.25) is 4.79 Å². The Hall–Kier alpha value is -1.85. The van der Waals surface area contributed by atoms with E-state index in [4.69, 9.17) is 9.84 Å². The molecule has 1 aliphatic heterocycles. The van der Waals surface area contributed by atoms with Gasteiger partial charge in [-0.1, -0.05) is 17.7 Å². The average molecular weight is 573 g/mol. The molecule has 28 heavy (non-hydrogen) atoms. The highest BCUT2D eigenvalue weighted by molar-refractivity contribution is 14.1. The molecule has 0 bridgehead atoms. The SMILES string of the molecule is Cc1ccc(N=C2NC(=O)/C(=C\c3cc(I)cc(Br)c3OCC(=O)O)S2)cc1. The van der Waals surface area contributed by atoms with Gasteiger partial charge in [-0.15, -0.1) is 0 Å². The van der Waals surface area contributed by atoms with E-state index in [1.807, 2.05) is 43.3 Å². The quantitative estimate of drug-likeness (QED) is 0.400. The van der Waals surface area contributed by atoms with Gasteiger partial charge in [-0.25, -0.2) is 9.79 Å². The number of amidine groups is 1. The first-order valence-electron chi connectivity index (χ1n) is 8.02. The Kier molecular flexibility index (Phi) is 6.78. The highest BCUT2D eigenvalue weighted by atomic mass is 127. The van der Waals surface area contributed by atoms with Crippen LogP contribution in [0, 0.1) is 10.5 Å². The van der Waals surface area contributed by atoms with Crippen molar-refractivity contribution in [3.63, 3.8) is 0 Å². The summed E-state index contributed by atoms with van der Waals surface area (Å²) in [6.45, 7) is 1.52. The van der Waals surface area contributed by atoms with Crippen LogP contribution in [0.3, 0.4) is 0 Å². The summed E-state index contributed by atoms with van der Waals surface area (Å²) < 4.78 is 6.93. The van der Waals surface area contributed by atoms with Gasteiger partial charge in [0.2, 0.25) is 0 Å². The molecular weight excluding hydrogens is 559 g/mol. The lowest BCUT2D eigenvalue weighted by atomic mass is 10.2. The van der Waals surface area contributed by atoms with Crippen LogP contribution in [-0.2, 0) is 9.59 Å². The molecule has 1 heterocycles. The third kappa shape index (κ3) is 5.36. The molecule has 1 fully saturated rings. The number of amides is 1. The molecule has 0 atom stereocenters. The van der Waals surface area contributed by atoms with E-state index in [0.29, 0.717) is 25.9 Å². The molecule has 0 saturated carbocycles. The Morgan fingerprint density at radius 1 is 1.36 bits per heavy atom. The maximum absolute atomic E-state index is 12.4. The van der Waals surface area contributed by atoms with Crippen LogP contribution in [-0.4, -0.2) is 28.8 Å². The molecule has 3 rings (SSSR count). The number of carboxylic acids is 1. The van der Waals surface area contributed by atoms with E-state index in [0.717, 1.165) is 14.8 Å². The predicted octanol–water partition coefficient (Wildman–Crippen LogP) is 4.72. The van der Waals surface area contributed by atoms with Gasteiger partial charge < -0.3 is 15.2 Å². The van der Waals surface area contributed by atoms with Crippen LogP contribution < -0.4 is 10.1 Å². The number of hydrogen-bond donors (Lipinski definition) is 2. The van der Waals surface area contributed by atoms with Crippen molar-refractivity contribution >= 4 is 79.1 Å². The molecular formula is C19H14BrIN2O4S. The lowest BCUT2D eigenvalue weighted by molar-refractivity contribution is -0.139. The number of carbonyl (C=O) groups excluding carboxylic acids is 1. The fourth-order valence-corrected chi connectivity index (χ4v) is 4.83. The number of carbonyl (C=O) groups is 2. The van der Waals surface area contributed by atoms with Crippen LogP contribution in [0.4, 0.5) is 5.69 Å². The summed E-state index contributed by atoms with van der Waals surface area (Å²) in [6, 6.07) is 11.3. The van der Waals surface area contributed by atoms with Crippen LogP contribution in [0.25, 0.3) is 6.08 Å². The summed E-state index contributed by atoms with van der Waals surface area (Å²) in [4.78, 5) is 28.1. The molecule has 6 nitrogen and oxygen atoms in total. The number of halogens is 2. The van der Waals surface area contributed by atoms with Gasteiger partial charge in [0, 0.05) is 9.13 Å². The molecule has 1 saturated heterocycles. The van der Waals surface area contributed by atoms with Gasteiger partial charge in [0.05, 0.1) is 15.1 Å². The Balaban J connectivity index is 1.90. The molecule has 0 spiro atoms. The number of hydrogen-bond acceptors (Lipinski definition) is 5. The zero-order chi connectivity index (χ0) is 20.3. The van der Waals surface area contributed by atoms with Crippen molar-refractivity contribution in [3.05, 3.63) is 60.5 Å². The Morgan fingerprint density at radius 2 is 2.07 bits per heavy atom. The first-order valence-corrected chi connectivity index (χ1v) is 10.7. The fraction of sp³-hybridized carbons (Fsp3) is 0.105. The number of nitrogens with zero attached hydrogens (tertiary/aromatic N) is 1. The summed E-state index contributed by atoms with van der Waals surface area (Å²) in [6.07, 6.45) is 1.67. The van der Waals surface area contributed by atoms with E-state index in [1.54, 1.807) is 6.08 Å². The first kappa shape index (κ1) is 20.9. The second kappa shape index (κ2) is 9.10. The molecule has 9 heteroatoms. The van der Waals surface area contributed by atoms with Crippen molar-refractivity contribution in [2.24, 2.45) is 4.99 Å². The number of aliphatic carboxylic acids is 1. The van der Waals surface area contributed by atoms with Crippen molar-refractivity contribution in [3.8, 4) is 5.75 Å². The maximum Gasteiger partial charge on any atom is 0.341 e. The molecule has 1 amide bonds. The minimum atomic E-state index is -1.08. The van der Waals surface area contributed by atoms with Gasteiger partial charge >= 0.3 is 5.97 Å². The normalized spacial score (nSPS) is 16.5. The smallest absolute Gasteiger partial charge is 0.341 e. The zero-order valence-corrected chi connectivity index (χ0v) is 19.1. The van der Waals surface area contributed by atoms with Crippen LogP contribution in [0.1, 0.15) is 11.1 Å². The molecule has 2 aromatic rings. The second-order valence-corrected chi connectivity index (χ2v) is 8.94. The van der Waals surface area contributed by atoms with Crippen LogP contribution in [0.2, 0.25) is 0 Å². The van der Waals surface area contributed by atoms with Gasteiger partial charge in [-0.05, 0) is 87.5 Å². The van der Waals surface area contributed by atoms with E-state index in [9.17, 15) is 9.59 Å². The first-order chi connectivity index (χ1) is 13.3. The van der Waals surface area contributed by atoms with E-state index < -0.39 is 12.6 Å². The van der Waals surface area contributed by atoms with Crippen LogP contribution in [0.15, 0.2) is 50.8 Å². The van der Waals surface area contributed by atoms with Crippen molar-refractivity contribution in [2.45, 2.75) is 6.92 Å². The fourth-order valence-electron chi connectivity index (χ4n) is 2.33. The summed E-state index contributed by atoms with van der Waals surface area (Å²) in [5.74, 6) is -0.979. The Labute approximate surface area is 187 Å². The maximum atomic E-state index is 12.4. The third-order valence-electron chi connectivity index (χ3n) is 3.58. The minimum Gasteiger partial charge on any atom is -0.480 e. The van der Waals surface area contributed by atoms with Crippen molar-refractivity contribution in [1.29, 1.82) is 0 Å². The lowest BCUT2D eigenvalue weighted by Crippen LogP contribution is -2.19. The monoisotopic (exact) mass is 572 g/mol. The number of carboxylic acid groups (broad SMARTS) is 1. The third-order valence-corrected chi connectivity index (χ3v) is 5.70. The second-order valence-electron chi connectivity index (χ2n) is 5.81. The van der Waals surface area contributed by atoms with Gasteiger partial charge in [0.25, 0.3) is 5.91 Å². The topological polar surface area (TPSA) is 88.0 Å². The average Bonchev–Trinajstić information content (AvgIpc) is 2.95. The number of thioether (sulfide) groups is 1. The Morgan fingerprint density at radius 3 is 2.75 bits per heavy atom. The summed E-state index contributed by atoms with van der Waals surface area (Å²) >= 11 is 6.75. The summed E-state index contributed by atoms with van der Waals surface area (Å²) in [7, 11) is 0. The van der Waals surface area contributed by atoms with Crippen molar-refractivity contribution in [2.75, 3.05) is 6.61 Å². The number of nitrogens with one attached hydrogen (secondary N) is 1. The molecule has 0 radical (unpaired) electrons. The van der Waals surface area contributed by atoms with Crippen molar-refractivity contribution < 1.29 is 19.4 Å². The molecule has 1 aliphatic rings. The van der Waals surface area contributed by atoms with Crippen LogP contribution in [0.5, 0.6) is 5.75 Å². The number of benzene rings is 2. The molecule has 0 unspecified atom stereocenters. The van der Waals surface area contributed by atoms with Gasteiger partial charge in [-0.2, -0.15) is 0 Å². The van der Waals surface area contributed by atoms with E-state index >= 15 is 0 Å². The van der Waals surface area contributed by atoms with Crippen LogP contribution >= 0.6 is 50.3 Å². The molecule has 0 aromatic heterocycles. The zero-order valence-electron chi connectivity index (χ0n) is 14.5. The summed E-state index contributed by atoms with van der Waals surface area (Å²) in [5, 5.41) is 12.1. The van der Waals surface area contributed by atoms with Gasteiger partial charge in [0.15, 0.2) is 11.8 Å². The highest BCUT2D eigenvalue weighted by Crippen LogP contribution is 2.36. The highest BCUT2D eigenvalue weighted by Gasteiger charge is 2.25. The number of rotatable bonds is 5. The minimum absolute atomic E-state index is 0.268. The summed E-state index contributed by atoms with van der Waals surface area (Å²) in [5.41, 5.74) is 2.48. The predicted molar refractivity (Wildman–Crippen MR) is 122 cm³/mol. The number of aliphatic imine (C=N–C) groups is 1. The Bertz CT molecular complexity index is 1010. The standard InChI is InChI=1S/C19H14BrIN2O4S/c1-10-2-4-13(5-3-10)22-19-23-18(26)15(28-19)7-11-6-12(21)8-14(20)17(11)27-9-16(24)25/h2-8H,9H2,1H3,(H,24,25)(H,22,23,26)/b15-7+. The van der Waals surface area contributed by atoms with E-state index in [2.05, 4.69) is 48.8 Å². The lowest BCUT2D eigenvalue weighted by Gasteiger charge is -2.10. The van der Waals surface area contributed by atoms with E-state index in [1.165, 1.54) is 11.8 Å². The molecule has 0 aliphatic carbocycles. The number of ether oxygens (including phenoxy) is 1. The number of aryl methyl sites for hydroxylation is 1.